The highest BCUT2D eigenvalue weighted by Gasteiger charge is 2.22. The van der Waals surface area contributed by atoms with E-state index < -0.39 is 0 Å². The fourth-order valence-corrected chi connectivity index (χ4v) is 3.22. The Morgan fingerprint density at radius 1 is 1.06 bits per heavy atom. The van der Waals surface area contributed by atoms with Crippen molar-refractivity contribution in [3.05, 3.63) is 0 Å². The van der Waals surface area contributed by atoms with Crippen molar-refractivity contribution < 1.29 is 4.79 Å². The molecule has 2 rings (SSSR count). The molecule has 0 saturated heterocycles. The van der Waals surface area contributed by atoms with Gasteiger partial charge in [-0.1, -0.05) is 32.1 Å². The molecule has 0 unspecified atom stereocenters. The van der Waals surface area contributed by atoms with Gasteiger partial charge in [0.2, 0.25) is 5.91 Å². The lowest BCUT2D eigenvalue weighted by molar-refractivity contribution is -0.123. The minimum Gasteiger partial charge on any atom is -0.352 e. The second-order valence-electron chi connectivity index (χ2n) is 5.76. The van der Waals surface area contributed by atoms with Gasteiger partial charge >= 0.3 is 0 Å². The lowest BCUT2D eigenvalue weighted by Crippen LogP contribution is -2.43. The van der Waals surface area contributed by atoms with Crippen LogP contribution < -0.4 is 5.32 Å². The van der Waals surface area contributed by atoms with Gasteiger partial charge in [0, 0.05) is 12.1 Å². The van der Waals surface area contributed by atoms with E-state index in [-0.39, 0.29) is 5.91 Å². The third kappa shape index (κ3) is 3.98. The Kier molecular flexibility index (Phi) is 4.84. The second kappa shape index (κ2) is 6.39. The third-order valence-electron chi connectivity index (χ3n) is 4.31. The van der Waals surface area contributed by atoms with Crippen molar-refractivity contribution in [1.29, 1.82) is 0 Å². The Morgan fingerprint density at radius 3 is 2.29 bits per heavy atom. The SMILES string of the molecule is CN(CC(=O)NC1CCCC1)C1CCCCC1. The second-order valence-corrected chi connectivity index (χ2v) is 5.76. The first-order valence-corrected chi connectivity index (χ1v) is 7.25. The molecule has 2 fully saturated rings. The maximum Gasteiger partial charge on any atom is 0.234 e. The first kappa shape index (κ1) is 12.9. The molecule has 0 aromatic carbocycles. The zero-order valence-corrected chi connectivity index (χ0v) is 11.1. The van der Waals surface area contributed by atoms with Gasteiger partial charge in [-0.05, 0) is 32.7 Å². The molecule has 0 aromatic heterocycles. The molecule has 0 aliphatic heterocycles. The lowest BCUT2D eigenvalue weighted by atomic mass is 9.94. The maximum absolute atomic E-state index is 11.9. The number of nitrogens with one attached hydrogen (secondary N) is 1. The monoisotopic (exact) mass is 238 g/mol. The van der Waals surface area contributed by atoms with Crippen LogP contribution in [0.2, 0.25) is 0 Å². The van der Waals surface area contributed by atoms with E-state index >= 15 is 0 Å². The third-order valence-corrected chi connectivity index (χ3v) is 4.31. The molecular formula is C14H26N2O. The molecule has 0 radical (unpaired) electrons. The predicted octanol–water partition coefficient (Wildman–Crippen LogP) is 2.31. The van der Waals surface area contributed by atoms with E-state index in [0.717, 1.165) is 0 Å². The summed E-state index contributed by atoms with van der Waals surface area (Å²) in [5, 5.41) is 3.17. The molecule has 0 atom stereocenters. The first-order valence-electron chi connectivity index (χ1n) is 7.25. The van der Waals surface area contributed by atoms with Crippen molar-refractivity contribution in [2.75, 3.05) is 13.6 Å². The lowest BCUT2D eigenvalue weighted by Gasteiger charge is -2.30. The zero-order valence-electron chi connectivity index (χ0n) is 11.1. The van der Waals surface area contributed by atoms with E-state index in [9.17, 15) is 4.79 Å². The normalized spacial score (nSPS) is 23.2. The van der Waals surface area contributed by atoms with E-state index in [1.165, 1.54) is 57.8 Å². The van der Waals surface area contributed by atoms with Gasteiger partial charge in [-0.15, -0.1) is 0 Å². The summed E-state index contributed by atoms with van der Waals surface area (Å²) in [5.74, 6) is 0.227. The average molecular weight is 238 g/mol. The smallest absolute Gasteiger partial charge is 0.234 e. The quantitative estimate of drug-likeness (QED) is 0.815. The number of carbonyl (C=O) groups is 1. The molecule has 2 aliphatic carbocycles. The van der Waals surface area contributed by atoms with Crippen LogP contribution in [-0.4, -0.2) is 36.5 Å². The van der Waals surface area contributed by atoms with E-state index in [2.05, 4.69) is 17.3 Å². The summed E-state index contributed by atoms with van der Waals surface area (Å²) in [4.78, 5) is 14.2. The molecule has 0 spiro atoms. The molecule has 1 amide bonds. The minimum atomic E-state index is 0.227. The van der Waals surface area contributed by atoms with Crippen molar-refractivity contribution >= 4 is 5.91 Å². The summed E-state index contributed by atoms with van der Waals surface area (Å²) in [7, 11) is 2.10. The van der Waals surface area contributed by atoms with Crippen LogP contribution in [0.4, 0.5) is 0 Å². The Labute approximate surface area is 105 Å². The molecule has 1 N–H and O–H groups in total. The molecule has 98 valence electrons. The van der Waals surface area contributed by atoms with Gasteiger partial charge in [-0.25, -0.2) is 0 Å². The van der Waals surface area contributed by atoms with Gasteiger partial charge in [0.25, 0.3) is 0 Å². The number of nitrogens with zero attached hydrogens (tertiary/aromatic N) is 1. The van der Waals surface area contributed by atoms with E-state index in [4.69, 9.17) is 0 Å². The summed E-state index contributed by atoms with van der Waals surface area (Å²) < 4.78 is 0. The highest BCUT2D eigenvalue weighted by atomic mass is 16.2. The molecule has 3 nitrogen and oxygen atoms in total. The summed E-state index contributed by atoms with van der Waals surface area (Å²) >= 11 is 0. The van der Waals surface area contributed by atoms with Crippen LogP contribution in [0, 0.1) is 0 Å². The van der Waals surface area contributed by atoms with Gasteiger partial charge in [0.05, 0.1) is 6.54 Å². The average Bonchev–Trinajstić information content (AvgIpc) is 2.82. The van der Waals surface area contributed by atoms with Crippen molar-refractivity contribution in [3.8, 4) is 0 Å². The number of carbonyl (C=O) groups excluding carboxylic acids is 1. The van der Waals surface area contributed by atoms with Crippen LogP contribution in [0.5, 0.6) is 0 Å². The standard InChI is InChI=1S/C14H26N2O/c1-16(13-9-3-2-4-10-13)11-14(17)15-12-7-5-6-8-12/h12-13H,2-11H2,1H3,(H,15,17). The number of likely N-dealkylation sites (N-methyl/N-ethyl adjacent to an activating group) is 1. The zero-order chi connectivity index (χ0) is 12.1. The van der Waals surface area contributed by atoms with Crippen LogP contribution in [0.15, 0.2) is 0 Å². The summed E-state index contributed by atoms with van der Waals surface area (Å²) in [5.41, 5.74) is 0. The number of amides is 1. The van der Waals surface area contributed by atoms with Crippen LogP contribution in [-0.2, 0) is 4.79 Å². The molecular weight excluding hydrogens is 212 g/mol. The number of rotatable bonds is 4. The van der Waals surface area contributed by atoms with Crippen molar-refractivity contribution in [2.45, 2.75) is 69.9 Å². The van der Waals surface area contributed by atoms with Crippen molar-refractivity contribution in [1.82, 2.24) is 10.2 Å². The largest absolute Gasteiger partial charge is 0.352 e. The topological polar surface area (TPSA) is 32.3 Å². The molecule has 0 aromatic rings. The highest BCUT2D eigenvalue weighted by molar-refractivity contribution is 5.78. The Hall–Kier alpha value is -0.570. The fraction of sp³-hybridized carbons (Fsp3) is 0.929. The van der Waals surface area contributed by atoms with Gasteiger partial charge in [-0.3, -0.25) is 9.69 Å². The van der Waals surface area contributed by atoms with Gasteiger partial charge in [0.1, 0.15) is 0 Å². The molecule has 2 aliphatic rings. The van der Waals surface area contributed by atoms with Crippen LogP contribution >= 0.6 is 0 Å². The van der Waals surface area contributed by atoms with Crippen LogP contribution in [0.1, 0.15) is 57.8 Å². The number of hydrogen-bond donors (Lipinski definition) is 1. The summed E-state index contributed by atoms with van der Waals surface area (Å²) in [6, 6.07) is 1.10. The van der Waals surface area contributed by atoms with Crippen molar-refractivity contribution in [2.24, 2.45) is 0 Å². The van der Waals surface area contributed by atoms with Crippen molar-refractivity contribution in [3.63, 3.8) is 0 Å². The Morgan fingerprint density at radius 2 is 1.65 bits per heavy atom. The molecule has 0 bridgehead atoms. The Balaban J connectivity index is 1.69. The number of hydrogen-bond acceptors (Lipinski definition) is 2. The maximum atomic E-state index is 11.9. The summed E-state index contributed by atoms with van der Waals surface area (Å²) in [6.07, 6.45) is 11.5. The first-order chi connectivity index (χ1) is 8.25. The van der Waals surface area contributed by atoms with Crippen LogP contribution in [0.25, 0.3) is 0 Å². The molecule has 3 heteroatoms. The van der Waals surface area contributed by atoms with Crippen LogP contribution in [0.3, 0.4) is 0 Å². The predicted molar refractivity (Wildman–Crippen MR) is 69.9 cm³/mol. The van der Waals surface area contributed by atoms with Gasteiger partial charge < -0.3 is 5.32 Å². The van der Waals surface area contributed by atoms with E-state index in [0.29, 0.717) is 18.6 Å². The highest BCUT2D eigenvalue weighted by Crippen LogP contribution is 2.21. The molecule has 2 saturated carbocycles. The van der Waals surface area contributed by atoms with Gasteiger partial charge in [0.15, 0.2) is 0 Å². The van der Waals surface area contributed by atoms with Gasteiger partial charge in [-0.2, -0.15) is 0 Å². The van der Waals surface area contributed by atoms with E-state index in [1.54, 1.807) is 0 Å². The summed E-state index contributed by atoms with van der Waals surface area (Å²) in [6.45, 7) is 0.584. The fourth-order valence-electron chi connectivity index (χ4n) is 3.22. The molecule has 17 heavy (non-hydrogen) atoms. The van der Waals surface area contributed by atoms with E-state index in [1.807, 2.05) is 0 Å². The minimum absolute atomic E-state index is 0.227. The molecule has 0 heterocycles. The Bertz CT molecular complexity index is 243.